The molecular weight excluding hydrogens is 1250 g/mol. The van der Waals surface area contributed by atoms with Gasteiger partial charge in [-0.2, -0.15) is 48.6 Å². The Morgan fingerprint density at radius 1 is 0.570 bits per heavy atom. The summed E-state index contributed by atoms with van der Waals surface area (Å²) >= 11 is 6.34. The molecule has 0 bridgehead atoms. The molecule has 0 amide bonds. The largest absolute Gasteiger partial charge is 0.505 e. The number of azo groups is 2. The van der Waals surface area contributed by atoms with E-state index in [0.717, 1.165) is 54.6 Å². The fourth-order valence-corrected chi connectivity index (χ4v) is 11.7. The van der Waals surface area contributed by atoms with Crippen molar-refractivity contribution in [1.29, 1.82) is 0 Å². The first-order valence-corrected chi connectivity index (χ1v) is 30.8. The quantitative estimate of drug-likeness (QED) is 0.00763. The molecule has 1 heterocycles. The molecule has 6 rings (SSSR count). The predicted molar refractivity (Wildman–Crippen MR) is 269 cm³/mol. The van der Waals surface area contributed by atoms with E-state index >= 15 is 0 Å². The Morgan fingerprint density at radius 3 is 1.63 bits per heavy atom. The van der Waals surface area contributed by atoms with Crippen molar-refractivity contribution in [2.45, 2.75) is 29.4 Å². The van der Waals surface area contributed by atoms with Crippen LogP contribution in [0.1, 0.15) is 0 Å². The van der Waals surface area contributed by atoms with E-state index in [2.05, 4.69) is 73.2 Å². The van der Waals surface area contributed by atoms with E-state index in [1.807, 2.05) is 0 Å². The summed E-state index contributed by atoms with van der Waals surface area (Å²) in [7, 11) is -28.9. The smallest absolute Gasteiger partial charge is 0.397 e. The molecule has 79 heavy (non-hydrogen) atoms. The number of phenolic OH excluding ortho intramolecular Hbond substituents is 1. The molecule has 0 atom stereocenters. The van der Waals surface area contributed by atoms with E-state index in [4.69, 9.17) is 37.0 Å². The Morgan fingerprint density at radius 2 is 1.08 bits per heavy atom. The highest BCUT2D eigenvalue weighted by molar-refractivity contribution is 7.95. The van der Waals surface area contributed by atoms with Crippen molar-refractivity contribution < 1.29 is 111 Å². The van der Waals surface area contributed by atoms with Crippen molar-refractivity contribution in [3.63, 3.8) is 0 Å². The maximum absolute atomic E-state index is 12.9. The Hall–Kier alpha value is -6.02. The second-order valence-electron chi connectivity index (χ2n) is 14.6. The minimum atomic E-state index is -5.34. The Labute approximate surface area is 457 Å². The number of aromatic hydroxyl groups is 1. The lowest BCUT2D eigenvalue weighted by molar-refractivity contribution is -0.432. The topological polar surface area (TPSA) is 540 Å². The maximum Gasteiger partial charge on any atom is 0.397 e. The number of anilines is 5. The second kappa shape index (κ2) is 25.2. The number of fused-ring (bicyclic) bond motifs is 1. The predicted octanol–water partition coefficient (Wildman–Crippen LogP) is 5.82. The van der Waals surface area contributed by atoms with Crippen LogP contribution in [0.4, 0.5) is 51.7 Å². The summed E-state index contributed by atoms with van der Waals surface area (Å²) in [6, 6.07) is 12.1. The van der Waals surface area contributed by atoms with Gasteiger partial charge in [0.15, 0.2) is 25.4 Å². The number of nitrogens with one attached hydrogen (secondary N) is 2. The molecule has 0 fully saturated rings. The summed E-state index contributed by atoms with van der Waals surface area (Å²) in [5.74, 6) is -3.39. The van der Waals surface area contributed by atoms with Gasteiger partial charge in [-0.1, -0.05) is 10.1 Å². The molecule has 11 N–H and O–H groups in total. The number of nitrogen functional groups attached to an aromatic ring is 1. The van der Waals surface area contributed by atoms with E-state index in [-0.39, 0.29) is 62.5 Å². The Balaban J connectivity index is 1.37. The van der Waals surface area contributed by atoms with Gasteiger partial charge < -0.3 is 21.5 Å². The maximum atomic E-state index is 12.9. The van der Waals surface area contributed by atoms with Crippen LogP contribution in [-0.4, -0.2) is 124 Å². The van der Waals surface area contributed by atoms with Crippen LogP contribution in [0.15, 0.2) is 123 Å². The van der Waals surface area contributed by atoms with Crippen LogP contribution < -0.4 is 16.4 Å². The highest BCUT2D eigenvalue weighted by Gasteiger charge is 2.27. The fourth-order valence-electron chi connectivity index (χ4n) is 6.21. The van der Waals surface area contributed by atoms with Crippen LogP contribution in [-0.2, 0) is 87.8 Å². The molecule has 0 saturated heterocycles. The Kier molecular flexibility index (Phi) is 19.8. The molecule has 6 aromatic rings. The lowest BCUT2D eigenvalue weighted by atomic mass is 10.1. The van der Waals surface area contributed by atoms with Gasteiger partial charge in [-0.05, 0) is 89.8 Å². The normalized spacial score (nSPS) is 12.9. The van der Waals surface area contributed by atoms with Crippen LogP contribution in [0.3, 0.4) is 0 Å². The van der Waals surface area contributed by atoms with Crippen molar-refractivity contribution in [3.05, 3.63) is 78.1 Å². The third kappa shape index (κ3) is 17.0. The molecule has 1 aromatic heterocycles. The van der Waals surface area contributed by atoms with Gasteiger partial charge in [0.1, 0.15) is 32.5 Å². The number of hydrogen-bond acceptors (Lipinski definition) is 33. The number of phenols is 1. The van der Waals surface area contributed by atoms with Gasteiger partial charge in [-0.25, -0.2) is 35.7 Å². The van der Waals surface area contributed by atoms with Gasteiger partial charge in [0, 0.05) is 11.4 Å². The zero-order valence-corrected chi connectivity index (χ0v) is 45.4. The second-order valence-corrected chi connectivity index (χ2v) is 25.6. The van der Waals surface area contributed by atoms with Crippen molar-refractivity contribution >= 4 is 159 Å². The molecule has 44 heteroatoms. The van der Waals surface area contributed by atoms with E-state index in [9.17, 15) is 64.7 Å². The molecule has 5 aromatic carbocycles. The number of halogens is 1. The molecule has 426 valence electrons. The van der Waals surface area contributed by atoms with Crippen LogP contribution in [0.5, 0.6) is 5.75 Å². The lowest BCUT2D eigenvalue weighted by Crippen LogP contribution is -2.15. The summed E-state index contributed by atoms with van der Waals surface area (Å²) < 4.78 is 200. The summed E-state index contributed by atoms with van der Waals surface area (Å²) in [5, 5.41) is 56.3. The van der Waals surface area contributed by atoms with Crippen molar-refractivity contribution in [1.82, 2.24) is 15.0 Å². The summed E-state index contributed by atoms with van der Waals surface area (Å²) in [6.45, 7) is -1.89. The summed E-state index contributed by atoms with van der Waals surface area (Å²) in [5.41, 5.74) is 2.99. The van der Waals surface area contributed by atoms with Crippen LogP contribution in [0.25, 0.3) is 10.8 Å². The summed E-state index contributed by atoms with van der Waals surface area (Å²) in [4.78, 5) is 8.47. The van der Waals surface area contributed by atoms with Crippen molar-refractivity contribution in [3.8, 4) is 5.75 Å². The number of benzene rings is 5. The molecule has 0 aliphatic heterocycles. The third-order valence-corrected chi connectivity index (χ3v) is 16.9. The number of nitrogens with zero attached hydrogens (tertiary/aromatic N) is 7. The van der Waals surface area contributed by atoms with Gasteiger partial charge in [0.05, 0.1) is 79.5 Å². The number of hydrogen-bond donors (Lipinski definition) is 10. The fraction of sp³-hybridized carbons (Fsp3) is 0.114. The van der Waals surface area contributed by atoms with E-state index < -0.39 is 150 Å². The molecule has 0 saturated carbocycles. The zero-order valence-electron chi connectivity index (χ0n) is 38.1. The lowest BCUT2D eigenvalue weighted by Gasteiger charge is -2.14. The number of sulfone groups is 2. The minimum absolute atomic E-state index is 0.0908. The molecule has 0 spiro atoms. The molecule has 35 nitrogen and oxygen atoms in total. The van der Waals surface area contributed by atoms with Crippen LogP contribution in [0, 0.1) is 0 Å². The van der Waals surface area contributed by atoms with E-state index in [1.54, 1.807) is 0 Å². The van der Waals surface area contributed by atoms with Gasteiger partial charge in [0.2, 0.25) is 17.2 Å². The first kappa shape index (κ1) is 62.2. The molecule has 0 aliphatic carbocycles. The molecule has 0 radical (unpaired) electrons. The standard InChI is InChI=1S/C35H31ClN10O25S8/c36-33-40-34(38-18-1-4-20(5-2-18)74(50,51)11-9-66-78(60,61)62)42-35(41-33)39-19-3-8-26(76(54,55)56)23(15-19)44-45-30-25(73-71-69-49)13-17-14-27(77(57,58)59)31(29(37)28(17)32(30)47)46-43-22-7-6-21(16-24(22)72-70-68-48)75(52,53)12-10-67-79(63,64)65/h1-8,13-16,47-49H,9-12,37H2,(H,54,55,56)(H,57,58,59)(H,60,61,62)(H,63,64,65)(H2,38,39,40,41,42)/b45-44+,46-43+. The third-order valence-electron chi connectivity index (χ3n) is 9.45. The van der Waals surface area contributed by atoms with Crippen molar-refractivity contribution in [2.75, 3.05) is 41.1 Å². The highest BCUT2D eigenvalue weighted by Crippen LogP contribution is 2.50. The molecule has 0 aliphatic rings. The van der Waals surface area contributed by atoms with E-state index in [1.165, 1.54) is 12.1 Å². The Bertz CT molecular complexity index is 4090. The minimum Gasteiger partial charge on any atom is -0.505 e. The average Bonchev–Trinajstić information content (AvgIpc) is 3.44. The number of aromatic nitrogens is 3. The molecular formula is C35H31ClN10O25S8. The van der Waals surface area contributed by atoms with Gasteiger partial charge in [-0.15, -0.1) is 29.1 Å². The summed E-state index contributed by atoms with van der Waals surface area (Å²) in [6.07, 6.45) is 0. The van der Waals surface area contributed by atoms with Gasteiger partial charge in [-0.3, -0.25) is 18.2 Å². The SMILES string of the molecule is Nc1c(/N=N/c2ccc(S(=O)(=O)CCOS(=O)(=O)O)cc2SOOO)c(S(=O)(=O)O)cc2cc(SOOO)c(/N=N/c3cc(Nc4nc(Cl)nc(Nc5ccc(S(=O)(=O)CCOS(=O)(=O)O)cc5)n4)ccc3S(=O)(=O)O)c(O)c12. The van der Waals surface area contributed by atoms with Crippen LogP contribution in [0.2, 0.25) is 5.28 Å². The van der Waals surface area contributed by atoms with E-state index in [0.29, 0.717) is 6.07 Å². The van der Waals surface area contributed by atoms with Crippen molar-refractivity contribution in [2.24, 2.45) is 20.5 Å². The van der Waals surface area contributed by atoms with Crippen LogP contribution >= 0.6 is 35.7 Å². The average molecular weight is 1280 g/mol. The first-order valence-electron chi connectivity index (χ1n) is 20.0. The number of rotatable bonds is 26. The van der Waals surface area contributed by atoms with Gasteiger partial charge in [0.25, 0.3) is 20.2 Å². The first-order chi connectivity index (χ1) is 36.8. The zero-order chi connectivity index (χ0) is 58.3. The molecule has 0 unspecified atom stereocenters. The monoisotopic (exact) mass is 1280 g/mol. The van der Waals surface area contributed by atoms with Gasteiger partial charge >= 0.3 is 20.8 Å². The highest BCUT2D eigenvalue weighted by atomic mass is 35.5. The number of nitrogens with two attached hydrogens (primary N) is 1.